The molecule has 11 nitrogen and oxygen atoms in total. The Bertz CT molecular complexity index is 2280. The molecule has 1 fully saturated rings. The van der Waals surface area contributed by atoms with Gasteiger partial charge in [0, 0.05) is 48.7 Å². The fourth-order valence-corrected chi connectivity index (χ4v) is 9.03. The van der Waals surface area contributed by atoms with Crippen LogP contribution in [-0.4, -0.2) is 60.5 Å². The second-order valence-electron chi connectivity index (χ2n) is 11.5. The Morgan fingerprint density at radius 3 is 2.41 bits per heavy atom. The lowest BCUT2D eigenvalue weighted by Gasteiger charge is -2.18. The molecular weight excluding hydrogens is 599 g/mol. The SMILES string of the molecule is Cc1ccc(S(=O)(=O)n2ccc3c2ncc2nnc([C@@H]4CC[C@H](NS(=O)(=O)c5cccc6c(N(C)C)cccc56)C4)n23)cc1. The van der Waals surface area contributed by atoms with E-state index < -0.39 is 20.0 Å². The topological polar surface area (TPSA) is 132 Å². The quantitative estimate of drug-likeness (QED) is 0.274. The predicted molar refractivity (Wildman–Crippen MR) is 169 cm³/mol. The molecule has 0 radical (unpaired) electrons. The van der Waals surface area contributed by atoms with Crippen LogP contribution in [0.25, 0.3) is 27.6 Å². The van der Waals surface area contributed by atoms with E-state index >= 15 is 0 Å². The summed E-state index contributed by atoms with van der Waals surface area (Å²) < 4.78 is 60.2. The Labute approximate surface area is 255 Å². The van der Waals surface area contributed by atoms with E-state index in [1.54, 1.807) is 42.5 Å². The Morgan fingerprint density at radius 2 is 1.64 bits per heavy atom. The van der Waals surface area contributed by atoms with Crippen LogP contribution in [0.1, 0.15) is 36.6 Å². The third-order valence-corrected chi connectivity index (χ3v) is 11.6. The van der Waals surface area contributed by atoms with Crippen LogP contribution in [0.3, 0.4) is 0 Å². The molecule has 1 N–H and O–H groups in total. The van der Waals surface area contributed by atoms with Gasteiger partial charge in [0.1, 0.15) is 5.82 Å². The minimum atomic E-state index is -3.88. The van der Waals surface area contributed by atoms with Gasteiger partial charge in [-0.15, -0.1) is 10.2 Å². The fraction of sp³-hybridized carbons (Fsp3) is 0.258. The lowest BCUT2D eigenvalue weighted by atomic mass is 10.1. The first-order valence-corrected chi connectivity index (χ1v) is 17.2. The van der Waals surface area contributed by atoms with E-state index in [1.807, 2.05) is 54.6 Å². The monoisotopic (exact) mass is 629 g/mol. The summed E-state index contributed by atoms with van der Waals surface area (Å²) in [5.41, 5.74) is 3.23. The summed E-state index contributed by atoms with van der Waals surface area (Å²) in [6.45, 7) is 1.90. The molecule has 0 aliphatic heterocycles. The zero-order chi connectivity index (χ0) is 30.8. The number of anilines is 1. The van der Waals surface area contributed by atoms with Gasteiger partial charge in [-0.1, -0.05) is 42.0 Å². The molecular formula is C31H31N7O4S2. The van der Waals surface area contributed by atoms with E-state index in [1.165, 1.54) is 16.4 Å². The van der Waals surface area contributed by atoms with Crippen molar-refractivity contribution in [1.29, 1.82) is 0 Å². The molecule has 1 aliphatic carbocycles. The molecule has 2 atom stereocenters. The average molecular weight is 630 g/mol. The smallest absolute Gasteiger partial charge is 0.269 e. The van der Waals surface area contributed by atoms with E-state index in [2.05, 4.69) is 19.9 Å². The van der Waals surface area contributed by atoms with Crippen molar-refractivity contribution >= 4 is 53.3 Å². The molecule has 0 unspecified atom stereocenters. The van der Waals surface area contributed by atoms with Crippen molar-refractivity contribution in [2.24, 2.45) is 0 Å². The molecule has 226 valence electrons. The van der Waals surface area contributed by atoms with Crippen LogP contribution >= 0.6 is 0 Å². The third-order valence-electron chi connectivity index (χ3n) is 8.39. The van der Waals surface area contributed by atoms with Crippen LogP contribution in [0.4, 0.5) is 5.69 Å². The molecule has 1 aliphatic rings. The zero-order valence-corrected chi connectivity index (χ0v) is 26.0. The Morgan fingerprint density at radius 1 is 0.886 bits per heavy atom. The normalized spacial score (nSPS) is 17.6. The molecule has 0 saturated heterocycles. The van der Waals surface area contributed by atoms with E-state index in [0.717, 1.165) is 16.6 Å². The summed E-state index contributed by atoms with van der Waals surface area (Å²) >= 11 is 0. The summed E-state index contributed by atoms with van der Waals surface area (Å²) in [6.07, 6.45) is 4.86. The maximum Gasteiger partial charge on any atom is 0.269 e. The van der Waals surface area contributed by atoms with Gasteiger partial charge in [0.25, 0.3) is 10.0 Å². The first-order valence-electron chi connectivity index (χ1n) is 14.3. The van der Waals surface area contributed by atoms with Crippen molar-refractivity contribution in [1.82, 2.24) is 28.3 Å². The van der Waals surface area contributed by atoms with Gasteiger partial charge in [-0.25, -0.2) is 30.5 Å². The minimum Gasteiger partial charge on any atom is -0.377 e. The van der Waals surface area contributed by atoms with Crippen molar-refractivity contribution < 1.29 is 16.8 Å². The number of fused-ring (bicyclic) bond motifs is 4. The number of nitrogens with one attached hydrogen (secondary N) is 1. The molecule has 13 heteroatoms. The number of hydrogen-bond donors (Lipinski definition) is 1. The van der Waals surface area contributed by atoms with E-state index in [9.17, 15) is 16.8 Å². The average Bonchev–Trinajstić information content (AvgIpc) is 3.74. The number of rotatable bonds is 7. The second-order valence-corrected chi connectivity index (χ2v) is 15.0. The first kappa shape index (κ1) is 28.4. The standard InChI is InChI=1S/C31H31N7O4S2/c1-20-10-14-23(15-11-20)44(41,42)37-17-16-27-31(37)32-19-29-33-34-30(38(27)29)21-12-13-22(18-21)35-43(39,40)28-9-5-6-24-25(28)7-4-8-26(24)36(2)3/h4-11,14-17,19,21-22,35H,12-13,18H2,1-3H3/t21-,22+/m1/s1. The Kier molecular flexibility index (Phi) is 6.72. The van der Waals surface area contributed by atoms with Gasteiger partial charge in [-0.3, -0.25) is 4.40 Å². The molecule has 7 rings (SSSR count). The third kappa shape index (κ3) is 4.62. The van der Waals surface area contributed by atoms with Crippen LogP contribution < -0.4 is 9.62 Å². The number of sulfonamides is 1. The Hall–Kier alpha value is -4.33. The molecule has 1 saturated carbocycles. The van der Waals surface area contributed by atoms with Crippen molar-refractivity contribution in [2.75, 3.05) is 19.0 Å². The van der Waals surface area contributed by atoms with E-state index in [0.29, 0.717) is 41.6 Å². The lowest BCUT2D eigenvalue weighted by molar-refractivity contribution is 0.547. The molecule has 3 aromatic heterocycles. The van der Waals surface area contributed by atoms with Crippen LogP contribution in [0.15, 0.2) is 88.9 Å². The van der Waals surface area contributed by atoms with Gasteiger partial charge in [0.15, 0.2) is 11.3 Å². The summed E-state index contributed by atoms with van der Waals surface area (Å²) in [5.74, 6) is 0.564. The summed E-state index contributed by atoms with van der Waals surface area (Å²) in [7, 11) is -3.83. The Balaban J connectivity index is 1.19. The fourth-order valence-electron chi connectivity index (χ4n) is 6.23. The van der Waals surface area contributed by atoms with Crippen molar-refractivity contribution in [3.8, 4) is 0 Å². The maximum absolute atomic E-state index is 13.7. The summed E-state index contributed by atoms with van der Waals surface area (Å²) in [6, 6.07) is 19.1. The van der Waals surface area contributed by atoms with Gasteiger partial charge < -0.3 is 4.90 Å². The molecule has 3 aromatic carbocycles. The molecule has 0 amide bonds. The highest BCUT2D eigenvalue weighted by Crippen LogP contribution is 2.37. The van der Waals surface area contributed by atoms with E-state index in [4.69, 9.17) is 0 Å². The second kappa shape index (κ2) is 10.4. The highest BCUT2D eigenvalue weighted by molar-refractivity contribution is 7.90. The number of aryl methyl sites for hydroxylation is 1. The molecule has 0 spiro atoms. The lowest BCUT2D eigenvalue weighted by Crippen LogP contribution is -2.33. The van der Waals surface area contributed by atoms with Gasteiger partial charge in [-0.05, 0) is 56.5 Å². The number of hydrogen-bond acceptors (Lipinski definition) is 8. The van der Waals surface area contributed by atoms with Crippen molar-refractivity contribution in [3.05, 3.63) is 90.5 Å². The number of aromatic nitrogens is 5. The van der Waals surface area contributed by atoms with Gasteiger partial charge in [-0.2, -0.15) is 0 Å². The predicted octanol–water partition coefficient (Wildman–Crippen LogP) is 4.46. The molecule has 0 bridgehead atoms. The highest BCUT2D eigenvalue weighted by Gasteiger charge is 2.33. The first-order chi connectivity index (χ1) is 21.0. The minimum absolute atomic E-state index is 0.0896. The van der Waals surface area contributed by atoms with Gasteiger partial charge >= 0.3 is 0 Å². The van der Waals surface area contributed by atoms with Crippen LogP contribution in [0.2, 0.25) is 0 Å². The number of benzene rings is 3. The van der Waals surface area contributed by atoms with Gasteiger partial charge in [0.05, 0.1) is 21.5 Å². The highest BCUT2D eigenvalue weighted by atomic mass is 32.2. The van der Waals surface area contributed by atoms with Crippen LogP contribution in [0.5, 0.6) is 0 Å². The molecule has 6 aromatic rings. The summed E-state index contributed by atoms with van der Waals surface area (Å²) in [5, 5.41) is 10.3. The van der Waals surface area contributed by atoms with Gasteiger partial charge in [0.2, 0.25) is 10.0 Å². The molecule has 44 heavy (non-hydrogen) atoms. The van der Waals surface area contributed by atoms with Crippen LogP contribution in [0, 0.1) is 6.92 Å². The molecule has 3 heterocycles. The van der Waals surface area contributed by atoms with Crippen LogP contribution in [-0.2, 0) is 20.0 Å². The zero-order valence-electron chi connectivity index (χ0n) is 24.4. The van der Waals surface area contributed by atoms with E-state index in [-0.39, 0.29) is 27.4 Å². The number of nitrogens with zero attached hydrogens (tertiary/aromatic N) is 6. The summed E-state index contributed by atoms with van der Waals surface area (Å²) in [4.78, 5) is 6.81. The van der Waals surface area contributed by atoms with Crippen molar-refractivity contribution in [2.45, 2.75) is 47.9 Å². The van der Waals surface area contributed by atoms with Crippen molar-refractivity contribution in [3.63, 3.8) is 0 Å². The maximum atomic E-state index is 13.7. The largest absolute Gasteiger partial charge is 0.377 e.